The second-order valence-electron chi connectivity index (χ2n) is 5.80. The van der Waals surface area contributed by atoms with E-state index in [4.69, 9.17) is 9.47 Å². The lowest BCUT2D eigenvalue weighted by molar-refractivity contribution is -0.107. The third-order valence-electron chi connectivity index (χ3n) is 4.50. The van der Waals surface area contributed by atoms with Crippen LogP contribution in [0.1, 0.15) is 12.5 Å². The predicted molar refractivity (Wildman–Crippen MR) is 101 cm³/mol. The van der Waals surface area contributed by atoms with Crippen molar-refractivity contribution in [1.29, 1.82) is 0 Å². The van der Waals surface area contributed by atoms with E-state index in [9.17, 15) is 15.0 Å². The van der Waals surface area contributed by atoms with Crippen molar-refractivity contribution in [3.8, 4) is 11.5 Å². The molecule has 1 aromatic heterocycles. The van der Waals surface area contributed by atoms with E-state index < -0.39 is 6.23 Å². The first-order valence-electron chi connectivity index (χ1n) is 8.36. The largest absolute Gasteiger partial charge is 0.505 e. The minimum Gasteiger partial charge on any atom is -0.505 e. The number of likely N-dealkylation sites (N-methyl/N-ethyl adjacent to an activating group) is 1. The van der Waals surface area contributed by atoms with Gasteiger partial charge < -0.3 is 24.6 Å². The molecule has 0 saturated heterocycles. The summed E-state index contributed by atoms with van der Waals surface area (Å²) in [5, 5.41) is 21.9. The molecule has 1 amide bonds. The maximum absolute atomic E-state index is 11.8. The molecule has 8 nitrogen and oxygen atoms in total. The number of carbonyl (C=O) groups is 1. The Balaban J connectivity index is 2.24. The van der Waals surface area contributed by atoms with E-state index in [2.05, 4.69) is 4.98 Å². The van der Waals surface area contributed by atoms with Gasteiger partial charge in [-0.2, -0.15) is 0 Å². The Labute approximate surface area is 156 Å². The second-order valence-corrected chi connectivity index (χ2v) is 5.80. The van der Waals surface area contributed by atoms with Crippen LogP contribution in [-0.2, 0) is 4.79 Å². The molecule has 2 aromatic rings. The fourth-order valence-electron chi connectivity index (χ4n) is 3.18. The Kier molecular flexibility index (Phi) is 5.18. The molecule has 0 bridgehead atoms. The monoisotopic (exact) mass is 371 g/mol. The van der Waals surface area contributed by atoms with Crippen molar-refractivity contribution in [2.24, 2.45) is 0 Å². The molecule has 1 aliphatic rings. The summed E-state index contributed by atoms with van der Waals surface area (Å²) in [6, 6.07) is 6.53. The first-order valence-corrected chi connectivity index (χ1v) is 8.36. The normalized spacial score (nSPS) is 16.0. The van der Waals surface area contributed by atoms with Gasteiger partial charge in [0.25, 0.3) is 0 Å². The predicted octanol–water partition coefficient (Wildman–Crippen LogP) is 2.15. The first kappa shape index (κ1) is 18.5. The number of aliphatic hydroxyl groups is 2. The molecule has 1 unspecified atom stereocenters. The van der Waals surface area contributed by atoms with E-state index in [1.807, 2.05) is 6.92 Å². The Morgan fingerprint density at radius 1 is 1.22 bits per heavy atom. The van der Waals surface area contributed by atoms with Crippen LogP contribution in [0.2, 0.25) is 0 Å². The molecule has 0 fully saturated rings. The van der Waals surface area contributed by atoms with Gasteiger partial charge in [-0.25, -0.2) is 0 Å². The topological polar surface area (TPSA) is 95.4 Å². The number of fused-ring (bicyclic) bond motifs is 1. The first-order chi connectivity index (χ1) is 13.1. The van der Waals surface area contributed by atoms with Crippen LogP contribution in [0.25, 0.3) is 5.76 Å². The van der Waals surface area contributed by atoms with Crippen LogP contribution in [0, 0.1) is 0 Å². The maximum Gasteiger partial charge on any atom is 0.218 e. The van der Waals surface area contributed by atoms with E-state index in [0.717, 1.165) is 0 Å². The lowest BCUT2D eigenvalue weighted by atomic mass is 10.0. The fraction of sp³-hybridized carbons (Fsp3) is 0.263. The van der Waals surface area contributed by atoms with E-state index in [1.54, 1.807) is 29.2 Å². The number of anilines is 2. The zero-order valence-corrected chi connectivity index (χ0v) is 15.3. The lowest BCUT2D eigenvalue weighted by Crippen LogP contribution is -2.45. The average Bonchev–Trinajstić information content (AvgIpc) is 2.71. The summed E-state index contributed by atoms with van der Waals surface area (Å²) < 4.78 is 10.6. The summed E-state index contributed by atoms with van der Waals surface area (Å²) >= 11 is 0. The molecule has 1 aliphatic heterocycles. The Bertz CT molecular complexity index is 869. The summed E-state index contributed by atoms with van der Waals surface area (Å²) in [5.74, 6) is 0.683. The molecule has 0 aliphatic carbocycles. The number of hydrogen-bond donors (Lipinski definition) is 2. The highest BCUT2D eigenvalue weighted by atomic mass is 16.5. The van der Waals surface area contributed by atoms with Crippen molar-refractivity contribution in [2.45, 2.75) is 13.2 Å². The van der Waals surface area contributed by atoms with Crippen LogP contribution in [0.4, 0.5) is 11.4 Å². The van der Waals surface area contributed by atoms with Crippen molar-refractivity contribution in [3.05, 3.63) is 47.9 Å². The van der Waals surface area contributed by atoms with Crippen molar-refractivity contribution in [2.75, 3.05) is 30.6 Å². The number of amides is 1. The number of pyridine rings is 1. The Morgan fingerprint density at radius 3 is 2.41 bits per heavy atom. The average molecular weight is 371 g/mol. The molecule has 2 N–H and O–H groups in total. The zero-order chi connectivity index (χ0) is 19.6. The number of ether oxygens (including phenoxy) is 2. The maximum atomic E-state index is 11.8. The molecule has 3 rings (SSSR count). The van der Waals surface area contributed by atoms with Crippen molar-refractivity contribution < 1.29 is 24.5 Å². The minimum absolute atomic E-state index is 0.0535. The highest BCUT2D eigenvalue weighted by molar-refractivity contribution is 5.90. The summed E-state index contributed by atoms with van der Waals surface area (Å²) in [6.45, 7) is 2.30. The Hall–Kier alpha value is -3.26. The van der Waals surface area contributed by atoms with Gasteiger partial charge in [-0.05, 0) is 25.1 Å². The van der Waals surface area contributed by atoms with Gasteiger partial charge >= 0.3 is 0 Å². The van der Waals surface area contributed by atoms with Gasteiger partial charge in [0, 0.05) is 30.6 Å². The molecule has 27 heavy (non-hydrogen) atoms. The van der Waals surface area contributed by atoms with Crippen molar-refractivity contribution >= 4 is 23.5 Å². The molecule has 1 aromatic carbocycles. The van der Waals surface area contributed by atoms with Gasteiger partial charge in [0.05, 0.1) is 25.6 Å². The van der Waals surface area contributed by atoms with Crippen LogP contribution in [0.5, 0.6) is 11.5 Å². The molecule has 142 valence electrons. The molecular weight excluding hydrogens is 350 g/mol. The highest BCUT2D eigenvalue weighted by Crippen LogP contribution is 2.43. The van der Waals surface area contributed by atoms with E-state index in [0.29, 0.717) is 41.4 Å². The SMILES string of the molecule is CCN1c2cc(OC)c(OC)cc2C(O)=C(N(C=O)c2ccncc2)C1O. The summed E-state index contributed by atoms with van der Waals surface area (Å²) in [5.41, 5.74) is 1.53. The van der Waals surface area contributed by atoms with Gasteiger partial charge in [0.1, 0.15) is 11.5 Å². The smallest absolute Gasteiger partial charge is 0.218 e. The summed E-state index contributed by atoms with van der Waals surface area (Å²) in [6.07, 6.45) is 2.36. The van der Waals surface area contributed by atoms with E-state index in [-0.39, 0.29) is 11.5 Å². The van der Waals surface area contributed by atoms with Crippen LogP contribution in [-0.4, -0.2) is 48.6 Å². The van der Waals surface area contributed by atoms with Crippen LogP contribution >= 0.6 is 0 Å². The van der Waals surface area contributed by atoms with Crippen LogP contribution in [0.3, 0.4) is 0 Å². The fourth-order valence-corrected chi connectivity index (χ4v) is 3.18. The highest BCUT2D eigenvalue weighted by Gasteiger charge is 2.36. The third-order valence-corrected chi connectivity index (χ3v) is 4.50. The van der Waals surface area contributed by atoms with Gasteiger partial charge in [-0.1, -0.05) is 0 Å². The molecular formula is C19H21N3O5. The number of methoxy groups -OCH3 is 2. The third kappa shape index (κ3) is 3.04. The summed E-state index contributed by atoms with van der Waals surface area (Å²) in [7, 11) is 3.01. The quantitative estimate of drug-likeness (QED) is 0.751. The van der Waals surface area contributed by atoms with E-state index in [1.165, 1.54) is 31.5 Å². The van der Waals surface area contributed by atoms with Crippen LogP contribution in [0.15, 0.2) is 42.4 Å². The minimum atomic E-state index is -1.24. The Morgan fingerprint density at radius 2 is 1.85 bits per heavy atom. The number of hydrogen-bond acceptors (Lipinski definition) is 7. The van der Waals surface area contributed by atoms with E-state index >= 15 is 0 Å². The number of aromatic nitrogens is 1. The van der Waals surface area contributed by atoms with Gasteiger partial charge in [0.2, 0.25) is 6.41 Å². The molecule has 0 saturated carbocycles. The number of aliphatic hydroxyl groups excluding tert-OH is 2. The van der Waals surface area contributed by atoms with Gasteiger partial charge in [-0.15, -0.1) is 0 Å². The zero-order valence-electron chi connectivity index (χ0n) is 15.3. The second kappa shape index (κ2) is 7.55. The standard InChI is InChI=1S/C19H21N3O5/c1-4-21-14-10-16(27-3)15(26-2)9-13(14)18(24)17(19(21)25)22(11-23)12-5-7-20-8-6-12/h5-11,19,24-25H,4H2,1-3H3. The van der Waals surface area contributed by atoms with Crippen molar-refractivity contribution in [3.63, 3.8) is 0 Å². The molecule has 0 radical (unpaired) electrons. The lowest BCUT2D eigenvalue weighted by Gasteiger charge is -2.39. The number of carbonyl (C=O) groups excluding carboxylic acids is 1. The number of benzene rings is 1. The van der Waals surface area contributed by atoms with Crippen molar-refractivity contribution in [1.82, 2.24) is 4.98 Å². The van der Waals surface area contributed by atoms with Crippen LogP contribution < -0.4 is 19.3 Å². The molecule has 0 spiro atoms. The molecule has 2 heterocycles. The summed E-state index contributed by atoms with van der Waals surface area (Å²) in [4.78, 5) is 18.6. The number of rotatable bonds is 6. The van der Waals surface area contributed by atoms with Gasteiger partial charge in [0.15, 0.2) is 17.7 Å². The molecule has 8 heteroatoms. The number of nitrogens with zero attached hydrogens (tertiary/aromatic N) is 3. The molecule has 1 atom stereocenters. The van der Waals surface area contributed by atoms with Gasteiger partial charge in [-0.3, -0.25) is 14.7 Å².